The van der Waals surface area contributed by atoms with E-state index in [1.165, 1.54) is 0 Å². The van der Waals surface area contributed by atoms with Crippen LogP contribution in [0.4, 0.5) is 17.1 Å². The molecule has 2 aliphatic rings. The minimum absolute atomic E-state index is 0.661. The lowest BCUT2D eigenvalue weighted by molar-refractivity contribution is 0.603. The Kier molecular flexibility index (Phi) is 8.12. The molecule has 1 atom stereocenters. The highest BCUT2D eigenvalue weighted by molar-refractivity contribution is 7.82. The molecule has 8 heteroatoms. The SMILES string of the molecule is CN(c1ccc2c(-c3ccccc3S(=O)N(C)C)c3ccc(=[N+](C)c4ccccc4Cl)cc-3oc2c1)c1ccccc1Cl. The summed E-state index contributed by atoms with van der Waals surface area (Å²) in [6.07, 6.45) is 0. The normalized spacial score (nSPS) is 13.0. The highest BCUT2D eigenvalue weighted by Crippen LogP contribution is 2.43. The number of para-hydroxylation sites is 2. The molecule has 216 valence electrons. The highest BCUT2D eigenvalue weighted by Gasteiger charge is 2.23. The van der Waals surface area contributed by atoms with Gasteiger partial charge in [-0.15, -0.1) is 0 Å². The predicted molar refractivity (Wildman–Crippen MR) is 180 cm³/mol. The molecule has 4 aromatic carbocycles. The van der Waals surface area contributed by atoms with Gasteiger partial charge >= 0.3 is 0 Å². The Morgan fingerprint density at radius 3 is 2.19 bits per heavy atom. The van der Waals surface area contributed by atoms with Crippen molar-refractivity contribution in [3.63, 3.8) is 0 Å². The molecular weight excluding hydrogens is 597 g/mol. The minimum atomic E-state index is -1.35. The fourth-order valence-corrected chi connectivity index (χ4v) is 6.79. The fraction of sp³-hybridized carbons (Fsp3) is 0.114. The molecule has 0 N–H and O–H groups in total. The van der Waals surface area contributed by atoms with E-state index in [1.807, 2.05) is 123 Å². The first-order chi connectivity index (χ1) is 20.7. The van der Waals surface area contributed by atoms with Gasteiger partial charge in [0.05, 0.1) is 21.7 Å². The highest BCUT2D eigenvalue weighted by atomic mass is 35.5. The number of anilines is 2. The molecule has 5 nitrogen and oxygen atoms in total. The number of halogens is 2. The van der Waals surface area contributed by atoms with Crippen molar-refractivity contribution in [2.75, 3.05) is 33.1 Å². The van der Waals surface area contributed by atoms with Crippen molar-refractivity contribution in [1.29, 1.82) is 0 Å². The third-order valence-corrected chi connectivity index (χ3v) is 9.60. The van der Waals surface area contributed by atoms with Crippen LogP contribution in [-0.4, -0.2) is 36.7 Å². The standard InChI is InChI=1S/C35H30Cl2N3O2S/c1-38(2)43(41)34-16-10-5-11-27(34)35-25-19-17-23(39(3)30-14-8-6-12-28(30)36)21-32(25)42-33-22-24(18-20-26(33)35)40(4)31-15-9-7-13-29(31)37/h5-22H,1-4H3/q+1. The summed E-state index contributed by atoms with van der Waals surface area (Å²) in [6.45, 7) is 0. The summed E-state index contributed by atoms with van der Waals surface area (Å²) in [4.78, 5) is 2.77. The average molecular weight is 628 g/mol. The van der Waals surface area contributed by atoms with Crippen molar-refractivity contribution in [2.24, 2.45) is 0 Å². The molecule has 6 rings (SSSR count). The summed E-state index contributed by atoms with van der Waals surface area (Å²) in [5, 5.41) is 3.16. The van der Waals surface area contributed by atoms with Crippen molar-refractivity contribution in [3.05, 3.63) is 125 Å². The molecule has 0 spiro atoms. The molecule has 43 heavy (non-hydrogen) atoms. The molecule has 0 fully saturated rings. The van der Waals surface area contributed by atoms with Gasteiger partial charge in [0.25, 0.3) is 0 Å². The summed E-state index contributed by atoms with van der Waals surface area (Å²) in [6, 6.07) is 35.6. The van der Waals surface area contributed by atoms with Crippen molar-refractivity contribution in [1.82, 2.24) is 8.88 Å². The first-order valence-corrected chi connectivity index (χ1v) is 15.6. The molecule has 0 aromatic heterocycles. The van der Waals surface area contributed by atoms with Crippen LogP contribution in [0.25, 0.3) is 33.4 Å². The van der Waals surface area contributed by atoms with E-state index in [4.69, 9.17) is 27.6 Å². The Labute approximate surface area is 263 Å². The fourth-order valence-electron chi connectivity index (χ4n) is 5.32. The van der Waals surface area contributed by atoms with Gasteiger partial charge in [0.1, 0.15) is 34.4 Å². The summed E-state index contributed by atoms with van der Waals surface area (Å²) in [7, 11) is 6.24. The third kappa shape index (κ3) is 5.48. The van der Waals surface area contributed by atoms with Gasteiger partial charge in [-0.3, -0.25) is 0 Å². The number of nitrogens with zero attached hydrogens (tertiary/aromatic N) is 3. The van der Waals surface area contributed by atoms with Crippen LogP contribution in [0.5, 0.6) is 0 Å². The maximum atomic E-state index is 13.5. The topological polar surface area (TPSA) is 39.7 Å². The molecule has 0 saturated heterocycles. The average Bonchev–Trinajstić information content (AvgIpc) is 3.02. The summed E-state index contributed by atoms with van der Waals surface area (Å²) >= 11 is 13.1. The van der Waals surface area contributed by atoms with Gasteiger partial charge in [-0.05, 0) is 56.6 Å². The van der Waals surface area contributed by atoms with Gasteiger partial charge in [0.2, 0.25) is 11.0 Å². The van der Waals surface area contributed by atoms with E-state index < -0.39 is 11.0 Å². The smallest absolute Gasteiger partial charge is 0.224 e. The number of rotatable bonds is 6. The van der Waals surface area contributed by atoms with Crippen molar-refractivity contribution in [3.8, 4) is 22.5 Å². The van der Waals surface area contributed by atoms with Crippen LogP contribution in [0.2, 0.25) is 10.0 Å². The molecule has 0 bridgehead atoms. The number of hydrogen-bond donors (Lipinski definition) is 0. The van der Waals surface area contributed by atoms with E-state index in [2.05, 4.69) is 24.3 Å². The predicted octanol–water partition coefficient (Wildman–Crippen LogP) is 8.60. The lowest BCUT2D eigenvalue weighted by Gasteiger charge is -2.22. The van der Waals surface area contributed by atoms with Gasteiger partial charge < -0.3 is 9.32 Å². The maximum Gasteiger partial charge on any atom is 0.224 e. The van der Waals surface area contributed by atoms with Crippen molar-refractivity contribution < 1.29 is 8.63 Å². The van der Waals surface area contributed by atoms with Crippen LogP contribution in [0, 0.1) is 0 Å². The zero-order valence-electron chi connectivity index (χ0n) is 24.2. The molecule has 0 amide bonds. The summed E-state index contributed by atoms with van der Waals surface area (Å²) < 4.78 is 23.9. The molecule has 0 saturated carbocycles. The quantitative estimate of drug-likeness (QED) is 0.137. The number of fused-ring (bicyclic) bond motifs is 2. The Hall–Kier alpha value is -3.94. The monoisotopic (exact) mass is 626 g/mol. The molecule has 1 heterocycles. The molecule has 0 radical (unpaired) electrons. The van der Waals surface area contributed by atoms with Crippen LogP contribution >= 0.6 is 23.2 Å². The molecule has 4 aromatic rings. The molecule has 1 aliphatic carbocycles. The van der Waals surface area contributed by atoms with Gasteiger partial charge in [-0.2, -0.15) is 4.58 Å². The van der Waals surface area contributed by atoms with Crippen LogP contribution in [-0.2, 0) is 11.0 Å². The zero-order valence-corrected chi connectivity index (χ0v) is 26.5. The second kappa shape index (κ2) is 12.0. The van der Waals surface area contributed by atoms with Crippen molar-refractivity contribution in [2.45, 2.75) is 4.90 Å². The summed E-state index contributed by atoms with van der Waals surface area (Å²) in [5.41, 5.74) is 6.16. The molecule has 1 aliphatic heterocycles. The largest absolute Gasteiger partial charge is 0.456 e. The van der Waals surface area contributed by atoms with Crippen molar-refractivity contribution >= 4 is 62.2 Å². The van der Waals surface area contributed by atoms with Gasteiger partial charge in [0.15, 0.2) is 0 Å². The number of hydrogen-bond acceptors (Lipinski definition) is 3. The first-order valence-electron chi connectivity index (χ1n) is 13.7. The van der Waals surface area contributed by atoms with E-state index in [0.29, 0.717) is 21.4 Å². The Morgan fingerprint density at radius 1 is 0.744 bits per heavy atom. The second-order valence-electron chi connectivity index (χ2n) is 10.4. The van der Waals surface area contributed by atoms with E-state index >= 15 is 0 Å². The second-order valence-corrected chi connectivity index (χ2v) is 12.9. The van der Waals surface area contributed by atoms with E-state index in [-0.39, 0.29) is 0 Å². The number of benzene rings is 5. The van der Waals surface area contributed by atoms with Crippen LogP contribution in [0.1, 0.15) is 0 Å². The molecule has 1 unspecified atom stereocenters. The summed E-state index contributed by atoms with van der Waals surface area (Å²) in [5.74, 6) is 0.696. The van der Waals surface area contributed by atoms with Crippen LogP contribution in [0.3, 0.4) is 0 Å². The van der Waals surface area contributed by atoms with E-state index in [1.54, 1.807) is 4.31 Å². The van der Waals surface area contributed by atoms with E-state index in [9.17, 15) is 4.21 Å². The van der Waals surface area contributed by atoms with E-state index in [0.717, 1.165) is 49.4 Å². The lowest BCUT2D eigenvalue weighted by atomic mass is 9.93. The van der Waals surface area contributed by atoms with Crippen LogP contribution < -0.4 is 14.8 Å². The van der Waals surface area contributed by atoms with Crippen LogP contribution in [0.15, 0.2) is 119 Å². The lowest BCUT2D eigenvalue weighted by Crippen LogP contribution is -2.21. The van der Waals surface area contributed by atoms with Gasteiger partial charge in [-0.1, -0.05) is 65.7 Å². The third-order valence-electron chi connectivity index (χ3n) is 7.57. The first kappa shape index (κ1) is 29.1. The Bertz CT molecular complexity index is 2050. The van der Waals surface area contributed by atoms with Gasteiger partial charge in [-0.25, -0.2) is 8.51 Å². The zero-order chi connectivity index (χ0) is 30.2. The van der Waals surface area contributed by atoms with Gasteiger partial charge in [0, 0.05) is 53.0 Å². The minimum Gasteiger partial charge on any atom is -0.456 e. The Balaban J connectivity index is 1.66. The maximum absolute atomic E-state index is 13.5. The Morgan fingerprint density at radius 2 is 1.44 bits per heavy atom. The molecular formula is C35H30Cl2N3O2S+.